The van der Waals surface area contributed by atoms with Gasteiger partial charge in [-0.15, -0.1) is 5.54 Å². The Hall–Kier alpha value is -1.28. The van der Waals surface area contributed by atoms with E-state index >= 15 is 0 Å². The van der Waals surface area contributed by atoms with Crippen molar-refractivity contribution in [1.82, 2.24) is 5.32 Å². The van der Waals surface area contributed by atoms with Gasteiger partial charge in [0.15, 0.2) is 0 Å². The average molecular weight is 225 g/mol. The number of ketones is 1. The van der Waals surface area contributed by atoms with Gasteiger partial charge in [0.2, 0.25) is 5.78 Å². The van der Waals surface area contributed by atoms with E-state index in [0.717, 1.165) is 0 Å². The molecule has 0 aromatic rings. The first-order valence-electron chi connectivity index (χ1n) is 4.86. The van der Waals surface area contributed by atoms with E-state index in [1.54, 1.807) is 0 Å². The van der Waals surface area contributed by atoms with Gasteiger partial charge >= 0.3 is 6.09 Å². The summed E-state index contributed by atoms with van der Waals surface area (Å²) in [5, 5.41) is 2.54. The van der Waals surface area contributed by atoms with Crippen LogP contribution in [0, 0.1) is 11.5 Å². The summed E-state index contributed by atoms with van der Waals surface area (Å²) in [4.78, 5) is 22.1. The van der Waals surface area contributed by atoms with Crippen LogP contribution in [-0.2, 0) is 9.53 Å². The number of alkyl carbamates (subject to hydrolysis) is 1. The van der Waals surface area contributed by atoms with Crippen LogP contribution in [-0.4, -0.2) is 32.6 Å². The first-order chi connectivity index (χ1) is 6.87. The van der Waals surface area contributed by atoms with Crippen molar-refractivity contribution in [3.63, 3.8) is 0 Å². The van der Waals surface area contributed by atoms with E-state index in [9.17, 15) is 9.59 Å². The van der Waals surface area contributed by atoms with Gasteiger partial charge in [-0.1, -0.05) is 19.6 Å². The second kappa shape index (κ2) is 4.49. The third-order valence-corrected chi connectivity index (χ3v) is 2.62. The molecule has 1 aliphatic rings. The number of rotatable bonds is 2. The Morgan fingerprint density at radius 1 is 1.60 bits per heavy atom. The van der Waals surface area contributed by atoms with E-state index in [1.807, 2.05) is 0 Å². The molecule has 1 saturated heterocycles. The highest BCUT2D eigenvalue weighted by Gasteiger charge is 2.23. The minimum absolute atomic E-state index is 0.131. The summed E-state index contributed by atoms with van der Waals surface area (Å²) < 4.78 is 4.67. The highest BCUT2D eigenvalue weighted by atomic mass is 28.3. The normalized spacial score (nSPS) is 19.9. The molecule has 0 saturated carbocycles. The van der Waals surface area contributed by atoms with Gasteiger partial charge < -0.3 is 10.1 Å². The Morgan fingerprint density at radius 2 is 2.27 bits per heavy atom. The van der Waals surface area contributed by atoms with Crippen LogP contribution in [0.15, 0.2) is 0 Å². The Balaban J connectivity index is 2.42. The lowest BCUT2D eigenvalue weighted by Gasteiger charge is -2.04. The Kier molecular flexibility index (Phi) is 3.53. The Labute approximate surface area is 90.4 Å². The highest BCUT2D eigenvalue weighted by Crippen LogP contribution is 2.03. The molecule has 1 aliphatic heterocycles. The van der Waals surface area contributed by atoms with Crippen molar-refractivity contribution in [3.05, 3.63) is 0 Å². The topological polar surface area (TPSA) is 55.4 Å². The third kappa shape index (κ3) is 4.65. The van der Waals surface area contributed by atoms with E-state index in [0.29, 0.717) is 0 Å². The summed E-state index contributed by atoms with van der Waals surface area (Å²) in [6.07, 6.45) is -0.214. The van der Waals surface area contributed by atoms with E-state index in [-0.39, 0.29) is 24.9 Å². The van der Waals surface area contributed by atoms with E-state index in [1.165, 1.54) is 0 Å². The summed E-state index contributed by atoms with van der Waals surface area (Å²) in [5.74, 6) is 2.50. The number of hydrogen-bond acceptors (Lipinski definition) is 3. The zero-order valence-electron chi connectivity index (χ0n) is 9.22. The number of carbonyl (C=O) groups excluding carboxylic acids is 2. The lowest BCUT2D eigenvalue weighted by Crippen LogP contribution is -2.28. The molecule has 0 aromatic heterocycles. The van der Waals surface area contributed by atoms with Crippen LogP contribution in [0.2, 0.25) is 19.6 Å². The molecule has 0 aromatic carbocycles. The van der Waals surface area contributed by atoms with Crippen molar-refractivity contribution in [3.8, 4) is 11.5 Å². The lowest BCUT2D eigenvalue weighted by molar-refractivity contribution is -0.114. The molecule has 5 heteroatoms. The largest absolute Gasteiger partial charge is 0.447 e. The maximum Gasteiger partial charge on any atom is 0.407 e. The fraction of sp³-hybridized carbons (Fsp3) is 0.600. The molecule has 82 valence electrons. The summed E-state index contributed by atoms with van der Waals surface area (Å²) in [6.45, 7) is 6.49. The number of Topliss-reactive ketones (excluding diaryl/α,β-unsaturated/α-hetero) is 1. The van der Waals surface area contributed by atoms with Crippen LogP contribution in [0.1, 0.15) is 6.42 Å². The maximum atomic E-state index is 11.4. The molecule has 1 fully saturated rings. The summed E-state index contributed by atoms with van der Waals surface area (Å²) in [5.41, 5.74) is 2.99. The Morgan fingerprint density at radius 3 is 2.73 bits per heavy atom. The summed E-state index contributed by atoms with van der Waals surface area (Å²) in [7, 11) is -1.49. The molecule has 1 amide bonds. The van der Waals surface area contributed by atoms with Crippen LogP contribution in [0.5, 0.6) is 0 Å². The number of amides is 1. The quantitative estimate of drug-likeness (QED) is 0.562. The van der Waals surface area contributed by atoms with Gasteiger partial charge in [0, 0.05) is 6.42 Å². The molecule has 0 bridgehead atoms. The molecule has 0 radical (unpaired) electrons. The van der Waals surface area contributed by atoms with Gasteiger partial charge in [-0.3, -0.25) is 4.79 Å². The Bertz CT molecular complexity index is 335. The van der Waals surface area contributed by atoms with Crippen molar-refractivity contribution in [2.75, 3.05) is 6.61 Å². The van der Waals surface area contributed by atoms with Crippen molar-refractivity contribution in [2.45, 2.75) is 32.1 Å². The zero-order chi connectivity index (χ0) is 11.5. The van der Waals surface area contributed by atoms with Crippen molar-refractivity contribution < 1.29 is 14.3 Å². The predicted molar refractivity (Wildman–Crippen MR) is 59.0 cm³/mol. The van der Waals surface area contributed by atoms with Crippen molar-refractivity contribution in [2.24, 2.45) is 0 Å². The minimum Gasteiger partial charge on any atom is -0.447 e. The zero-order valence-corrected chi connectivity index (χ0v) is 10.2. The standard InChI is InChI=1S/C10H15NO3Si/c1-15(2,3)5-4-9(12)6-8-7-14-10(13)11-8/h8H,6-7H2,1-3H3,(H,11,13)/t8-/m1/s1. The number of hydrogen-bond donors (Lipinski definition) is 1. The van der Waals surface area contributed by atoms with Gasteiger partial charge in [0.1, 0.15) is 14.7 Å². The van der Waals surface area contributed by atoms with Crippen molar-refractivity contribution >= 4 is 20.0 Å². The molecule has 1 rings (SSSR count). The molecule has 1 heterocycles. The fourth-order valence-corrected chi connectivity index (χ4v) is 1.58. The molecule has 0 unspecified atom stereocenters. The molecule has 15 heavy (non-hydrogen) atoms. The maximum absolute atomic E-state index is 11.4. The molecule has 0 aliphatic carbocycles. The van der Waals surface area contributed by atoms with Crippen LogP contribution in [0.4, 0.5) is 4.79 Å². The molecule has 0 spiro atoms. The lowest BCUT2D eigenvalue weighted by atomic mass is 10.2. The molecular weight excluding hydrogens is 210 g/mol. The monoisotopic (exact) mass is 225 g/mol. The smallest absolute Gasteiger partial charge is 0.407 e. The summed E-state index contributed by atoms with van der Waals surface area (Å²) >= 11 is 0. The summed E-state index contributed by atoms with van der Waals surface area (Å²) in [6, 6.07) is -0.207. The number of carbonyl (C=O) groups is 2. The molecular formula is C10H15NO3Si. The predicted octanol–water partition coefficient (Wildman–Crippen LogP) is 0.935. The van der Waals surface area contributed by atoms with E-state index in [2.05, 4.69) is 41.2 Å². The van der Waals surface area contributed by atoms with Crippen LogP contribution >= 0.6 is 0 Å². The highest BCUT2D eigenvalue weighted by molar-refractivity contribution is 6.84. The molecule has 1 atom stereocenters. The second-order valence-electron chi connectivity index (χ2n) is 4.57. The first kappa shape index (κ1) is 11.8. The van der Waals surface area contributed by atoms with Gasteiger partial charge in [-0.25, -0.2) is 4.79 Å². The van der Waals surface area contributed by atoms with Crippen LogP contribution < -0.4 is 5.32 Å². The number of nitrogens with one attached hydrogen (secondary N) is 1. The van der Waals surface area contributed by atoms with Gasteiger partial charge in [-0.05, 0) is 5.92 Å². The van der Waals surface area contributed by atoms with Crippen LogP contribution in [0.25, 0.3) is 0 Å². The number of ether oxygens (including phenoxy) is 1. The van der Waals surface area contributed by atoms with Gasteiger partial charge in [-0.2, -0.15) is 0 Å². The first-order valence-corrected chi connectivity index (χ1v) is 8.36. The molecule has 1 N–H and O–H groups in total. The SMILES string of the molecule is C[Si](C)(C)C#CC(=O)C[C@@H]1COC(=O)N1. The van der Waals surface area contributed by atoms with E-state index in [4.69, 9.17) is 0 Å². The minimum atomic E-state index is -1.49. The van der Waals surface area contributed by atoms with E-state index < -0.39 is 14.2 Å². The van der Waals surface area contributed by atoms with Crippen LogP contribution in [0.3, 0.4) is 0 Å². The van der Waals surface area contributed by atoms with Gasteiger partial charge in [0.25, 0.3) is 0 Å². The second-order valence-corrected chi connectivity index (χ2v) is 9.32. The molecule has 4 nitrogen and oxygen atoms in total. The third-order valence-electron chi connectivity index (χ3n) is 1.75. The van der Waals surface area contributed by atoms with Crippen molar-refractivity contribution in [1.29, 1.82) is 0 Å². The number of cyclic esters (lactones) is 1. The average Bonchev–Trinajstić information content (AvgIpc) is 2.47. The van der Waals surface area contributed by atoms with Gasteiger partial charge in [0.05, 0.1) is 6.04 Å². The fourth-order valence-electron chi connectivity index (χ4n) is 1.07.